The zero-order valence-corrected chi connectivity index (χ0v) is 17.2. The Labute approximate surface area is 166 Å². The summed E-state index contributed by atoms with van der Waals surface area (Å²) in [6, 6.07) is 3.70. The number of hydrogen-bond acceptors (Lipinski definition) is 6. The highest BCUT2D eigenvalue weighted by atomic mass is 32.2. The van der Waals surface area contributed by atoms with Crippen LogP contribution < -0.4 is 14.1 Å². The highest BCUT2D eigenvalue weighted by Gasteiger charge is 2.52. The highest BCUT2D eigenvalue weighted by Crippen LogP contribution is 2.59. The summed E-state index contributed by atoms with van der Waals surface area (Å²) in [5.41, 5.74) is 3.27. The molecule has 1 aromatic carbocycles. The molecule has 3 N–H and O–H groups in total. The molecule has 1 aromatic rings. The summed E-state index contributed by atoms with van der Waals surface area (Å²) >= 11 is 0. The van der Waals surface area contributed by atoms with Gasteiger partial charge in [0.2, 0.25) is 0 Å². The third-order valence-corrected chi connectivity index (χ3v) is 7.73. The molecule has 8 heteroatoms. The maximum atomic E-state index is 11.4. The van der Waals surface area contributed by atoms with E-state index in [0.717, 1.165) is 56.2 Å². The Kier molecular flexibility index (Phi) is 4.82. The van der Waals surface area contributed by atoms with Crippen LogP contribution in [0, 0.1) is 17.3 Å². The van der Waals surface area contributed by atoms with Crippen LogP contribution in [0.5, 0.6) is 11.5 Å². The van der Waals surface area contributed by atoms with Gasteiger partial charge < -0.3 is 14.1 Å². The number of fused-ring (bicyclic) bond motifs is 5. The van der Waals surface area contributed by atoms with Crippen molar-refractivity contribution < 1.29 is 22.5 Å². The molecule has 0 radical (unpaired) electrons. The number of benzene rings is 1. The van der Waals surface area contributed by atoms with Crippen LogP contribution in [0.1, 0.15) is 62.5 Å². The monoisotopic (exact) mass is 408 g/mol. The number of oxime groups is 1. The smallest absolute Gasteiger partial charge is 0.380 e. The van der Waals surface area contributed by atoms with E-state index < -0.39 is 10.3 Å². The quantitative estimate of drug-likeness (QED) is 0.588. The van der Waals surface area contributed by atoms with Crippen LogP contribution in [0.25, 0.3) is 0 Å². The number of rotatable bonds is 3. The molecule has 0 spiro atoms. The second-order valence-electron chi connectivity index (χ2n) is 8.59. The van der Waals surface area contributed by atoms with Gasteiger partial charge in [-0.3, -0.25) is 0 Å². The fraction of sp³-hybridized carbons (Fsp3) is 0.650. The molecule has 154 valence electrons. The van der Waals surface area contributed by atoms with Crippen molar-refractivity contribution in [3.05, 3.63) is 23.3 Å². The first-order valence-corrected chi connectivity index (χ1v) is 11.4. The number of ether oxygens (including phenoxy) is 1. The van der Waals surface area contributed by atoms with Crippen molar-refractivity contribution in [1.29, 1.82) is 0 Å². The fourth-order valence-corrected chi connectivity index (χ4v) is 6.46. The highest BCUT2D eigenvalue weighted by molar-refractivity contribution is 7.84. The molecule has 4 rings (SSSR count). The van der Waals surface area contributed by atoms with Gasteiger partial charge in [-0.25, -0.2) is 0 Å². The summed E-state index contributed by atoms with van der Waals surface area (Å²) in [5, 5.41) is 18.3. The average molecular weight is 409 g/mol. The average Bonchev–Trinajstić information content (AvgIpc) is 2.64. The SMILES string of the molecule is COc1cc2c(cc1OS(N)(=O)=O)CC[C@@H]1[C@@H]2CC[C@]2(C)/C(=N/O)CCC[C@@H]12. The maximum absolute atomic E-state index is 11.4. The lowest BCUT2D eigenvalue weighted by Gasteiger charge is -2.54. The number of hydrogen-bond donors (Lipinski definition) is 2. The van der Waals surface area contributed by atoms with E-state index in [-0.39, 0.29) is 11.2 Å². The van der Waals surface area contributed by atoms with E-state index in [1.165, 1.54) is 12.7 Å². The standard InChI is InChI=1S/C20H28N2O5S/c1-20-9-8-13-14(16(20)4-3-5-19(20)22-23)7-6-12-10-18(27-28(21,24)25)17(26-2)11-15(12)13/h10-11,13-14,16,23H,3-9H2,1-2H3,(H2,21,24,25)/b22-19+/t13-,14+,16-,20-/m0/s1. The van der Waals surface area contributed by atoms with Crippen molar-refractivity contribution in [3.8, 4) is 11.5 Å². The lowest BCUT2D eigenvalue weighted by Crippen LogP contribution is -2.49. The van der Waals surface area contributed by atoms with Crippen LogP contribution in [0.3, 0.4) is 0 Å². The zero-order chi connectivity index (χ0) is 20.1. The van der Waals surface area contributed by atoms with Crippen LogP contribution in [0.4, 0.5) is 0 Å². The summed E-state index contributed by atoms with van der Waals surface area (Å²) in [7, 11) is -2.61. The van der Waals surface area contributed by atoms with Gasteiger partial charge in [-0.15, -0.1) is 0 Å². The van der Waals surface area contributed by atoms with Crippen molar-refractivity contribution in [1.82, 2.24) is 0 Å². The van der Waals surface area contributed by atoms with Gasteiger partial charge in [-0.1, -0.05) is 12.1 Å². The Hall–Kier alpha value is -1.80. The molecule has 7 nitrogen and oxygen atoms in total. The van der Waals surface area contributed by atoms with Crippen LogP contribution in [0.2, 0.25) is 0 Å². The van der Waals surface area contributed by atoms with Crippen molar-refractivity contribution in [2.45, 2.75) is 57.8 Å². The van der Waals surface area contributed by atoms with E-state index in [9.17, 15) is 13.6 Å². The minimum atomic E-state index is -4.11. The lowest BCUT2D eigenvalue weighted by molar-refractivity contribution is 0.0599. The molecule has 0 amide bonds. The van der Waals surface area contributed by atoms with E-state index in [1.54, 1.807) is 6.07 Å². The van der Waals surface area contributed by atoms with Gasteiger partial charge in [0.05, 0.1) is 12.8 Å². The lowest BCUT2D eigenvalue weighted by atomic mass is 9.50. The van der Waals surface area contributed by atoms with Gasteiger partial charge in [0.15, 0.2) is 11.5 Å². The van der Waals surface area contributed by atoms with E-state index >= 15 is 0 Å². The van der Waals surface area contributed by atoms with Gasteiger partial charge in [0.25, 0.3) is 0 Å². The van der Waals surface area contributed by atoms with E-state index in [0.29, 0.717) is 23.5 Å². The zero-order valence-electron chi connectivity index (χ0n) is 16.3. The van der Waals surface area contributed by atoms with Gasteiger partial charge in [-0.2, -0.15) is 13.6 Å². The van der Waals surface area contributed by atoms with Gasteiger partial charge >= 0.3 is 10.3 Å². The third kappa shape index (κ3) is 3.16. The summed E-state index contributed by atoms with van der Waals surface area (Å²) in [4.78, 5) is 0. The van der Waals surface area contributed by atoms with Gasteiger partial charge in [0, 0.05) is 5.41 Å². The minimum absolute atomic E-state index is 0.0214. The van der Waals surface area contributed by atoms with Crippen molar-refractivity contribution >= 4 is 16.0 Å². The largest absolute Gasteiger partial charge is 0.493 e. The third-order valence-electron chi connectivity index (χ3n) is 7.31. The van der Waals surface area contributed by atoms with Gasteiger partial charge in [0.1, 0.15) is 0 Å². The second kappa shape index (κ2) is 6.91. The van der Waals surface area contributed by atoms with E-state index in [1.807, 2.05) is 6.07 Å². The van der Waals surface area contributed by atoms with Crippen molar-refractivity contribution in [2.24, 2.45) is 27.5 Å². The molecule has 28 heavy (non-hydrogen) atoms. The first-order chi connectivity index (χ1) is 13.3. The Morgan fingerprint density at radius 1 is 1.21 bits per heavy atom. The predicted molar refractivity (Wildman–Crippen MR) is 105 cm³/mol. The molecule has 3 aliphatic rings. The van der Waals surface area contributed by atoms with E-state index in [2.05, 4.69) is 12.1 Å². The van der Waals surface area contributed by atoms with Crippen molar-refractivity contribution in [2.75, 3.05) is 7.11 Å². The Bertz CT molecular complexity index is 913. The van der Waals surface area contributed by atoms with Crippen LogP contribution >= 0.6 is 0 Å². The molecule has 2 saturated carbocycles. The van der Waals surface area contributed by atoms with Crippen LogP contribution in [-0.2, 0) is 16.7 Å². The van der Waals surface area contributed by atoms with Crippen LogP contribution in [-0.4, -0.2) is 26.4 Å². The summed E-state index contributed by atoms with van der Waals surface area (Å²) in [6.45, 7) is 2.27. The molecular formula is C20H28N2O5S. The number of methoxy groups -OCH3 is 1. The molecule has 0 heterocycles. The molecular weight excluding hydrogens is 380 g/mol. The second-order valence-corrected chi connectivity index (χ2v) is 9.74. The summed E-state index contributed by atoms with van der Waals surface area (Å²) in [6.07, 6.45) is 7.03. The van der Waals surface area contributed by atoms with Crippen LogP contribution in [0.15, 0.2) is 17.3 Å². The molecule has 0 unspecified atom stereocenters. The van der Waals surface area contributed by atoms with Crippen molar-refractivity contribution in [3.63, 3.8) is 0 Å². The molecule has 0 aromatic heterocycles. The molecule has 0 saturated heterocycles. The summed E-state index contributed by atoms with van der Waals surface area (Å²) in [5.74, 6) is 1.97. The molecule has 3 aliphatic carbocycles. The molecule has 0 bridgehead atoms. The molecule has 0 aliphatic heterocycles. The minimum Gasteiger partial charge on any atom is -0.493 e. The number of nitrogens with two attached hydrogens (primary N) is 1. The Morgan fingerprint density at radius 3 is 2.68 bits per heavy atom. The predicted octanol–water partition coefficient (Wildman–Crippen LogP) is 3.35. The maximum Gasteiger partial charge on any atom is 0.380 e. The fourth-order valence-electron chi connectivity index (χ4n) is 6.08. The van der Waals surface area contributed by atoms with Gasteiger partial charge in [-0.05, 0) is 86.0 Å². The topological polar surface area (TPSA) is 111 Å². The number of aryl methyl sites for hydroxylation is 1. The first kappa shape index (κ1) is 19.5. The summed E-state index contributed by atoms with van der Waals surface area (Å²) < 4.78 is 33.1. The Morgan fingerprint density at radius 2 is 2.00 bits per heavy atom. The first-order valence-electron chi connectivity index (χ1n) is 9.91. The van der Waals surface area contributed by atoms with E-state index in [4.69, 9.17) is 14.1 Å². The molecule has 2 fully saturated rings. The Balaban J connectivity index is 1.71. The number of nitrogens with zero attached hydrogens (tertiary/aromatic N) is 1. The molecule has 4 atom stereocenters. The normalized spacial score (nSPS) is 33.5.